The molecule has 1 heterocycles. The molecule has 0 bridgehead atoms. The van der Waals surface area contributed by atoms with E-state index in [4.69, 9.17) is 28.7 Å². The predicted octanol–water partition coefficient (Wildman–Crippen LogP) is -2.88. The Balaban J connectivity index is 2.95. The van der Waals surface area contributed by atoms with Gasteiger partial charge in [-0.15, -0.1) is 0 Å². The Labute approximate surface area is 216 Å². The zero-order valence-corrected chi connectivity index (χ0v) is 21.6. The maximum Gasteiger partial charge on any atom is 0.326 e. The molecule has 4 unspecified atom stereocenters. The third-order valence-electron chi connectivity index (χ3n) is 5.98. The number of aliphatic carboxylic acids is 1. The summed E-state index contributed by atoms with van der Waals surface area (Å²) in [6.07, 6.45) is 1.90. The summed E-state index contributed by atoms with van der Waals surface area (Å²) < 4.78 is 0. The zero-order chi connectivity index (χ0) is 28.1. The van der Waals surface area contributed by atoms with Crippen molar-refractivity contribution in [2.24, 2.45) is 44.6 Å². The van der Waals surface area contributed by atoms with Crippen molar-refractivity contribution in [3.8, 4) is 0 Å². The van der Waals surface area contributed by atoms with Crippen LogP contribution in [0.5, 0.6) is 0 Å². The molecule has 1 aliphatic heterocycles. The van der Waals surface area contributed by atoms with E-state index < -0.39 is 42.0 Å². The lowest BCUT2D eigenvalue weighted by Crippen LogP contribution is -2.57. The first kappa shape index (κ1) is 31.4. The maximum absolute atomic E-state index is 13.2. The van der Waals surface area contributed by atoms with Crippen molar-refractivity contribution >= 4 is 35.6 Å². The van der Waals surface area contributed by atoms with E-state index >= 15 is 0 Å². The van der Waals surface area contributed by atoms with Crippen LogP contribution in [0.3, 0.4) is 0 Å². The van der Waals surface area contributed by atoms with Crippen molar-refractivity contribution < 1.29 is 24.3 Å². The standard InChI is InChI=1S/C22H42N10O5/c1-12(2)16(23)19(35)32-11-5-8-15(32)18(34)30-13(6-3-9-28-21(24)25)17(33)31-14(20(36)37)7-4-10-29-22(26)27/h12-16H,3-11,23H2,1-2H3,(H,30,34)(H,31,33)(H,36,37)(H4,24,25,28)(H4,26,27,29). The molecule has 0 spiro atoms. The maximum atomic E-state index is 13.2. The van der Waals surface area contributed by atoms with Crippen LogP contribution in [0.1, 0.15) is 52.4 Å². The van der Waals surface area contributed by atoms with Crippen molar-refractivity contribution in [3.05, 3.63) is 0 Å². The van der Waals surface area contributed by atoms with Crippen LogP contribution in [0.15, 0.2) is 9.98 Å². The number of carboxylic acids is 1. The molecular formula is C22H42N10O5. The van der Waals surface area contributed by atoms with Crippen molar-refractivity contribution in [3.63, 3.8) is 0 Å². The van der Waals surface area contributed by atoms with Crippen molar-refractivity contribution in [1.29, 1.82) is 0 Å². The number of carbonyl (C=O) groups is 4. The molecule has 1 fully saturated rings. The van der Waals surface area contributed by atoms with Gasteiger partial charge in [0.25, 0.3) is 0 Å². The summed E-state index contributed by atoms with van der Waals surface area (Å²) in [6, 6.07) is -3.81. The lowest BCUT2D eigenvalue weighted by molar-refractivity contribution is -0.143. The molecule has 15 heteroatoms. The fourth-order valence-electron chi connectivity index (χ4n) is 3.85. The van der Waals surface area contributed by atoms with Crippen LogP contribution in [0.4, 0.5) is 0 Å². The van der Waals surface area contributed by atoms with Crippen LogP contribution in [-0.4, -0.2) is 89.4 Å². The van der Waals surface area contributed by atoms with Crippen LogP contribution in [-0.2, 0) is 19.2 Å². The van der Waals surface area contributed by atoms with Gasteiger partial charge in [0.1, 0.15) is 18.1 Å². The number of hydrogen-bond donors (Lipinski definition) is 8. The summed E-state index contributed by atoms with van der Waals surface area (Å²) in [5.74, 6) is -3.09. The number of aliphatic imine (C=N–C) groups is 2. The molecule has 4 atom stereocenters. The summed E-state index contributed by atoms with van der Waals surface area (Å²) >= 11 is 0. The highest BCUT2D eigenvalue weighted by Gasteiger charge is 2.38. The lowest BCUT2D eigenvalue weighted by Gasteiger charge is -2.29. The van der Waals surface area contributed by atoms with Crippen LogP contribution in [0, 0.1) is 5.92 Å². The second kappa shape index (κ2) is 15.5. The lowest BCUT2D eigenvalue weighted by atomic mass is 10.0. The van der Waals surface area contributed by atoms with Gasteiger partial charge in [0, 0.05) is 19.6 Å². The second-order valence-electron chi connectivity index (χ2n) is 9.32. The van der Waals surface area contributed by atoms with E-state index in [0.29, 0.717) is 32.2 Å². The van der Waals surface area contributed by atoms with Gasteiger partial charge in [0.15, 0.2) is 11.9 Å². The monoisotopic (exact) mass is 526 g/mol. The molecule has 0 radical (unpaired) electrons. The van der Waals surface area contributed by atoms with Gasteiger partial charge in [0.2, 0.25) is 17.7 Å². The number of amides is 3. The highest BCUT2D eigenvalue weighted by molar-refractivity contribution is 5.94. The van der Waals surface area contributed by atoms with E-state index in [2.05, 4.69) is 20.6 Å². The van der Waals surface area contributed by atoms with Gasteiger partial charge in [-0.2, -0.15) is 0 Å². The molecule has 0 aromatic carbocycles. The molecular weight excluding hydrogens is 484 g/mol. The Bertz CT molecular complexity index is 855. The molecule has 3 amide bonds. The molecule has 0 saturated carbocycles. The molecule has 15 nitrogen and oxygen atoms in total. The minimum absolute atomic E-state index is 0.0739. The number of likely N-dealkylation sites (tertiary alicyclic amines) is 1. The normalized spacial score (nSPS) is 17.4. The number of hydrogen-bond acceptors (Lipinski definition) is 7. The van der Waals surface area contributed by atoms with Gasteiger partial charge in [-0.25, -0.2) is 4.79 Å². The average molecular weight is 527 g/mol. The summed E-state index contributed by atoms with van der Waals surface area (Å²) in [6.45, 7) is 4.43. The van der Waals surface area contributed by atoms with Crippen LogP contribution in [0.25, 0.3) is 0 Å². The Morgan fingerprint density at radius 1 is 0.946 bits per heavy atom. The van der Waals surface area contributed by atoms with E-state index in [-0.39, 0.29) is 49.7 Å². The molecule has 210 valence electrons. The molecule has 13 N–H and O–H groups in total. The number of carbonyl (C=O) groups excluding carboxylic acids is 3. The number of nitrogens with one attached hydrogen (secondary N) is 2. The average Bonchev–Trinajstić information content (AvgIpc) is 3.31. The summed E-state index contributed by atoms with van der Waals surface area (Å²) in [4.78, 5) is 59.8. The Hall–Kier alpha value is -3.62. The predicted molar refractivity (Wildman–Crippen MR) is 139 cm³/mol. The first-order chi connectivity index (χ1) is 17.3. The number of rotatable bonds is 15. The van der Waals surface area contributed by atoms with Gasteiger partial charge >= 0.3 is 5.97 Å². The number of guanidine groups is 2. The molecule has 1 rings (SSSR count). The molecule has 1 aliphatic rings. The third-order valence-corrected chi connectivity index (χ3v) is 5.98. The van der Waals surface area contributed by atoms with E-state index in [1.807, 2.05) is 13.8 Å². The molecule has 37 heavy (non-hydrogen) atoms. The van der Waals surface area contributed by atoms with Crippen LogP contribution in [0.2, 0.25) is 0 Å². The largest absolute Gasteiger partial charge is 0.480 e. The summed E-state index contributed by atoms with van der Waals surface area (Å²) in [5, 5.41) is 14.7. The van der Waals surface area contributed by atoms with Gasteiger partial charge in [-0.3, -0.25) is 24.4 Å². The van der Waals surface area contributed by atoms with Gasteiger partial charge in [0.05, 0.1) is 6.04 Å². The van der Waals surface area contributed by atoms with Crippen molar-refractivity contribution in [1.82, 2.24) is 15.5 Å². The molecule has 0 aliphatic carbocycles. The Morgan fingerprint density at radius 2 is 1.49 bits per heavy atom. The van der Waals surface area contributed by atoms with E-state index in [9.17, 15) is 24.3 Å². The highest BCUT2D eigenvalue weighted by atomic mass is 16.4. The van der Waals surface area contributed by atoms with E-state index in [0.717, 1.165) is 0 Å². The summed E-state index contributed by atoms with van der Waals surface area (Å²) in [7, 11) is 0. The van der Waals surface area contributed by atoms with Crippen LogP contribution < -0.4 is 39.3 Å². The number of nitrogens with two attached hydrogens (primary N) is 5. The SMILES string of the molecule is CC(C)C(N)C(=O)N1CCCC1C(=O)NC(CCCN=C(N)N)C(=O)NC(CCCN=C(N)N)C(=O)O. The van der Waals surface area contributed by atoms with Crippen molar-refractivity contribution in [2.45, 2.75) is 76.5 Å². The van der Waals surface area contributed by atoms with Gasteiger partial charge < -0.3 is 49.3 Å². The topological polar surface area (TPSA) is 271 Å². The third kappa shape index (κ3) is 10.9. The fraction of sp³-hybridized carbons (Fsp3) is 0.727. The minimum Gasteiger partial charge on any atom is -0.480 e. The van der Waals surface area contributed by atoms with Crippen molar-refractivity contribution in [2.75, 3.05) is 19.6 Å². The quantitative estimate of drug-likeness (QED) is 0.0613. The number of carboxylic acid groups (broad SMARTS) is 1. The second-order valence-corrected chi connectivity index (χ2v) is 9.32. The smallest absolute Gasteiger partial charge is 0.326 e. The molecule has 0 aromatic rings. The van der Waals surface area contributed by atoms with E-state index in [1.54, 1.807) is 0 Å². The van der Waals surface area contributed by atoms with Gasteiger partial charge in [-0.05, 0) is 44.4 Å². The van der Waals surface area contributed by atoms with E-state index in [1.165, 1.54) is 4.90 Å². The zero-order valence-electron chi connectivity index (χ0n) is 21.6. The molecule has 0 aromatic heterocycles. The molecule has 1 saturated heterocycles. The summed E-state index contributed by atoms with van der Waals surface area (Å²) in [5.41, 5.74) is 27.2. The first-order valence-corrected chi connectivity index (χ1v) is 12.4. The Morgan fingerprint density at radius 3 is 1.97 bits per heavy atom. The number of nitrogens with zero attached hydrogens (tertiary/aromatic N) is 3. The highest BCUT2D eigenvalue weighted by Crippen LogP contribution is 2.20. The van der Waals surface area contributed by atoms with Gasteiger partial charge in [-0.1, -0.05) is 13.8 Å². The Kier molecular flexibility index (Phi) is 13.1. The van der Waals surface area contributed by atoms with Crippen LogP contribution >= 0.6 is 0 Å². The first-order valence-electron chi connectivity index (χ1n) is 12.4. The minimum atomic E-state index is -1.24. The fourth-order valence-corrected chi connectivity index (χ4v) is 3.85.